The Bertz CT molecular complexity index is 332. The van der Waals surface area contributed by atoms with E-state index >= 15 is 0 Å². The van der Waals surface area contributed by atoms with Crippen molar-refractivity contribution in [3.05, 3.63) is 12.2 Å². The molecule has 3 aliphatic rings. The van der Waals surface area contributed by atoms with Crippen LogP contribution >= 0.6 is 0 Å². The van der Waals surface area contributed by atoms with E-state index in [-0.39, 0.29) is 23.6 Å². The molecule has 1 aliphatic heterocycles. The maximum Gasteiger partial charge on any atom is 0.468 e. The second kappa shape index (κ2) is 2.94. The Balaban J connectivity index is 1.87. The lowest BCUT2D eigenvalue weighted by atomic mass is 9.57. The Kier molecular flexibility index (Phi) is 1.99. The Morgan fingerprint density at radius 3 is 2.12 bits per heavy atom. The lowest BCUT2D eigenvalue weighted by Crippen LogP contribution is -2.41. The van der Waals surface area contributed by atoms with Crippen LogP contribution in [-0.4, -0.2) is 18.3 Å². The highest BCUT2D eigenvalue weighted by molar-refractivity contribution is 6.50. The molecule has 0 N–H and O–H groups in total. The molecule has 0 spiro atoms. The van der Waals surface area contributed by atoms with Gasteiger partial charge in [-0.2, -0.15) is 0 Å². The third-order valence-corrected chi connectivity index (χ3v) is 5.05. The number of rotatable bonds is 1. The third kappa shape index (κ3) is 1.28. The third-order valence-electron chi connectivity index (χ3n) is 5.05. The van der Waals surface area contributed by atoms with Crippen LogP contribution < -0.4 is 0 Å². The smallest absolute Gasteiger partial charge is 0.403 e. The number of allylic oxidation sites excluding steroid dienone is 2. The van der Waals surface area contributed by atoms with Crippen LogP contribution in [-0.2, 0) is 9.31 Å². The molecule has 0 aromatic carbocycles. The van der Waals surface area contributed by atoms with Gasteiger partial charge in [0.2, 0.25) is 0 Å². The summed E-state index contributed by atoms with van der Waals surface area (Å²) < 4.78 is 12.4. The fourth-order valence-electron chi connectivity index (χ4n) is 3.16. The van der Waals surface area contributed by atoms with E-state index in [9.17, 15) is 0 Å². The highest BCUT2D eigenvalue weighted by Gasteiger charge is 2.61. The maximum atomic E-state index is 6.20. The molecule has 2 atom stereocenters. The van der Waals surface area contributed by atoms with Gasteiger partial charge >= 0.3 is 7.12 Å². The fourth-order valence-corrected chi connectivity index (χ4v) is 3.16. The first-order chi connectivity index (χ1) is 7.35. The minimum Gasteiger partial charge on any atom is -0.403 e. The van der Waals surface area contributed by atoms with Crippen molar-refractivity contribution >= 4 is 7.12 Å². The zero-order valence-electron chi connectivity index (χ0n) is 10.7. The molecule has 88 valence electrons. The Morgan fingerprint density at radius 1 is 1.12 bits per heavy atom. The second-order valence-electron chi connectivity index (χ2n) is 6.68. The molecule has 2 fully saturated rings. The Hall–Kier alpha value is -0.275. The zero-order chi connectivity index (χ0) is 11.6. The van der Waals surface area contributed by atoms with Gasteiger partial charge in [-0.3, -0.25) is 0 Å². The average molecular weight is 220 g/mol. The van der Waals surface area contributed by atoms with E-state index in [0.29, 0.717) is 0 Å². The SMILES string of the molecule is CC1(C)OB(C23C=CC(CC2)C3)OC1(C)C. The highest BCUT2D eigenvalue weighted by atomic mass is 16.7. The summed E-state index contributed by atoms with van der Waals surface area (Å²) in [6, 6.07) is 0. The van der Waals surface area contributed by atoms with Crippen LogP contribution in [0.1, 0.15) is 47.0 Å². The van der Waals surface area contributed by atoms with E-state index in [1.54, 1.807) is 0 Å². The molecular formula is C13H21BO2. The molecule has 0 amide bonds. The molecule has 2 nitrogen and oxygen atoms in total. The van der Waals surface area contributed by atoms with Crippen molar-refractivity contribution in [2.24, 2.45) is 5.92 Å². The number of hydrogen-bond acceptors (Lipinski definition) is 2. The second-order valence-corrected chi connectivity index (χ2v) is 6.68. The summed E-state index contributed by atoms with van der Waals surface area (Å²) in [7, 11) is -0.0405. The number of hydrogen-bond donors (Lipinski definition) is 0. The standard InChI is InChI=1S/C13H21BO2/c1-11(2)12(3,4)16-14(15-11)13-7-5-10(9-13)6-8-13/h5,7,10H,6,8-9H2,1-4H3. The zero-order valence-corrected chi connectivity index (χ0v) is 10.7. The van der Waals surface area contributed by atoms with Crippen molar-refractivity contribution < 1.29 is 9.31 Å². The summed E-state index contributed by atoms with van der Waals surface area (Å²) in [6.45, 7) is 8.53. The predicted octanol–water partition coefficient (Wildman–Crippen LogP) is 3.19. The van der Waals surface area contributed by atoms with Gasteiger partial charge in [0.05, 0.1) is 11.2 Å². The summed E-state index contributed by atoms with van der Waals surface area (Å²) in [5.74, 6) is 0.777. The molecule has 16 heavy (non-hydrogen) atoms. The highest BCUT2D eigenvalue weighted by Crippen LogP contribution is 2.60. The van der Waals surface area contributed by atoms with E-state index in [4.69, 9.17) is 9.31 Å². The normalized spacial score (nSPS) is 43.2. The van der Waals surface area contributed by atoms with Gasteiger partial charge in [0.25, 0.3) is 0 Å². The van der Waals surface area contributed by atoms with Gasteiger partial charge in [0.15, 0.2) is 0 Å². The van der Waals surface area contributed by atoms with Crippen molar-refractivity contribution in [2.75, 3.05) is 0 Å². The molecule has 1 saturated heterocycles. The molecule has 2 bridgehead atoms. The summed E-state index contributed by atoms with van der Waals surface area (Å²) >= 11 is 0. The van der Waals surface area contributed by atoms with Crippen LogP contribution in [0.4, 0.5) is 0 Å². The monoisotopic (exact) mass is 220 g/mol. The minimum absolute atomic E-state index is 0.0405. The van der Waals surface area contributed by atoms with E-state index in [1.807, 2.05) is 0 Å². The molecule has 0 aromatic rings. The molecule has 3 rings (SSSR count). The van der Waals surface area contributed by atoms with Crippen LogP contribution in [0.3, 0.4) is 0 Å². The molecule has 0 aromatic heterocycles. The average Bonchev–Trinajstić information content (AvgIpc) is 2.80. The van der Waals surface area contributed by atoms with Crippen LogP contribution in [0.2, 0.25) is 5.31 Å². The van der Waals surface area contributed by atoms with E-state index in [0.717, 1.165) is 5.92 Å². The van der Waals surface area contributed by atoms with Gasteiger partial charge in [-0.15, -0.1) is 0 Å². The first-order valence-corrected chi connectivity index (χ1v) is 6.40. The summed E-state index contributed by atoms with van der Waals surface area (Å²) in [5, 5.41) is 0.176. The molecule has 1 saturated carbocycles. The molecule has 3 heteroatoms. The van der Waals surface area contributed by atoms with Crippen LogP contribution in [0.15, 0.2) is 12.2 Å². The lowest BCUT2D eigenvalue weighted by molar-refractivity contribution is 0.00578. The summed E-state index contributed by atoms with van der Waals surface area (Å²) in [5.41, 5.74) is -0.387. The lowest BCUT2D eigenvalue weighted by Gasteiger charge is -2.32. The van der Waals surface area contributed by atoms with Gasteiger partial charge in [0.1, 0.15) is 0 Å². The van der Waals surface area contributed by atoms with Gasteiger partial charge in [-0.05, 0) is 52.9 Å². The van der Waals surface area contributed by atoms with Crippen molar-refractivity contribution in [1.29, 1.82) is 0 Å². The Morgan fingerprint density at radius 2 is 1.75 bits per heavy atom. The van der Waals surface area contributed by atoms with E-state index < -0.39 is 0 Å². The van der Waals surface area contributed by atoms with Crippen LogP contribution in [0, 0.1) is 5.92 Å². The molecule has 0 radical (unpaired) electrons. The van der Waals surface area contributed by atoms with E-state index in [1.165, 1.54) is 19.3 Å². The van der Waals surface area contributed by atoms with Crippen molar-refractivity contribution in [3.63, 3.8) is 0 Å². The van der Waals surface area contributed by atoms with Crippen molar-refractivity contribution in [3.8, 4) is 0 Å². The topological polar surface area (TPSA) is 18.5 Å². The van der Waals surface area contributed by atoms with Gasteiger partial charge in [0, 0.05) is 5.31 Å². The van der Waals surface area contributed by atoms with Crippen LogP contribution in [0.25, 0.3) is 0 Å². The van der Waals surface area contributed by atoms with Crippen molar-refractivity contribution in [1.82, 2.24) is 0 Å². The molecular weight excluding hydrogens is 199 g/mol. The van der Waals surface area contributed by atoms with Gasteiger partial charge in [-0.25, -0.2) is 0 Å². The van der Waals surface area contributed by atoms with Gasteiger partial charge < -0.3 is 9.31 Å². The molecule has 2 unspecified atom stereocenters. The van der Waals surface area contributed by atoms with Gasteiger partial charge in [-0.1, -0.05) is 12.2 Å². The molecule has 1 heterocycles. The largest absolute Gasteiger partial charge is 0.468 e. The fraction of sp³-hybridized carbons (Fsp3) is 0.846. The quantitative estimate of drug-likeness (QED) is 0.499. The summed E-state index contributed by atoms with van der Waals surface area (Å²) in [6.07, 6.45) is 8.47. The Labute approximate surface area is 98.5 Å². The number of fused-ring (bicyclic) bond motifs is 2. The van der Waals surface area contributed by atoms with Crippen molar-refractivity contribution in [2.45, 2.75) is 63.5 Å². The maximum absolute atomic E-state index is 6.20. The minimum atomic E-state index is -0.194. The first-order valence-electron chi connectivity index (χ1n) is 6.40. The van der Waals surface area contributed by atoms with Crippen LogP contribution in [0.5, 0.6) is 0 Å². The molecule has 2 aliphatic carbocycles. The van der Waals surface area contributed by atoms with E-state index in [2.05, 4.69) is 39.8 Å². The summed E-state index contributed by atoms with van der Waals surface area (Å²) in [4.78, 5) is 0. The first kappa shape index (κ1) is 10.9. The predicted molar refractivity (Wildman–Crippen MR) is 65.3 cm³/mol.